The molecule has 0 aromatic carbocycles. The molecule has 2 rings (SSSR count). The van der Waals surface area contributed by atoms with Crippen LogP contribution in [0.15, 0.2) is 10.3 Å². The van der Waals surface area contributed by atoms with E-state index in [-0.39, 0.29) is 18.4 Å². The molecule has 0 spiro atoms. The molecule has 7 heteroatoms. The maximum absolute atomic E-state index is 12.5. The lowest BCUT2D eigenvalue weighted by Gasteiger charge is -2.15. The first-order valence-electron chi connectivity index (χ1n) is 6.15. The molecular formula is C12H18N2O3S2. The van der Waals surface area contributed by atoms with Gasteiger partial charge in [-0.3, -0.25) is 4.79 Å². The molecule has 1 saturated heterocycles. The van der Waals surface area contributed by atoms with E-state index in [4.69, 9.17) is 0 Å². The summed E-state index contributed by atoms with van der Waals surface area (Å²) in [7, 11) is -1.88. The highest BCUT2D eigenvalue weighted by Gasteiger charge is 2.36. The highest BCUT2D eigenvalue weighted by atomic mass is 32.2. The zero-order valence-electron chi connectivity index (χ0n) is 11.3. The average Bonchev–Trinajstić information content (AvgIpc) is 2.95. The van der Waals surface area contributed by atoms with Gasteiger partial charge < -0.3 is 5.32 Å². The Morgan fingerprint density at radius 3 is 2.68 bits per heavy atom. The quantitative estimate of drug-likeness (QED) is 0.910. The van der Waals surface area contributed by atoms with Gasteiger partial charge >= 0.3 is 0 Å². The first-order valence-corrected chi connectivity index (χ1v) is 8.40. The molecule has 5 nitrogen and oxygen atoms in total. The van der Waals surface area contributed by atoms with E-state index in [0.717, 1.165) is 10.4 Å². The maximum atomic E-state index is 12.5. The molecule has 1 N–H and O–H groups in total. The summed E-state index contributed by atoms with van der Waals surface area (Å²) in [6.07, 6.45) is 0.586. The lowest BCUT2D eigenvalue weighted by atomic mass is 10.1. The average molecular weight is 302 g/mol. The Morgan fingerprint density at radius 2 is 2.16 bits per heavy atom. The molecule has 1 aromatic heterocycles. The highest BCUT2D eigenvalue weighted by Crippen LogP contribution is 2.31. The standard InChI is InChI=1S/C12H18N2O3S2/c1-8-6-9(2)18-12(8)19(16,17)14-5-4-10(7-14)11(15)13-3/h6,10H,4-5,7H2,1-3H3,(H,13,15). The number of sulfonamides is 1. The largest absolute Gasteiger partial charge is 0.359 e. The van der Waals surface area contributed by atoms with Crippen LogP contribution in [-0.2, 0) is 14.8 Å². The first-order chi connectivity index (χ1) is 8.86. The molecule has 0 saturated carbocycles. The summed E-state index contributed by atoms with van der Waals surface area (Å²) in [5.74, 6) is -0.321. The number of hydrogen-bond acceptors (Lipinski definition) is 4. The molecule has 1 fully saturated rings. The minimum atomic E-state index is -3.45. The molecule has 1 aliphatic rings. The van der Waals surface area contributed by atoms with Crippen LogP contribution >= 0.6 is 11.3 Å². The van der Waals surface area contributed by atoms with Crippen molar-refractivity contribution in [1.29, 1.82) is 0 Å². The Bertz CT molecular complexity index is 592. The predicted molar refractivity (Wildman–Crippen MR) is 74.7 cm³/mol. The van der Waals surface area contributed by atoms with Crippen LogP contribution in [0.4, 0.5) is 0 Å². The zero-order valence-corrected chi connectivity index (χ0v) is 12.9. The van der Waals surface area contributed by atoms with Crippen molar-refractivity contribution >= 4 is 27.3 Å². The van der Waals surface area contributed by atoms with E-state index in [1.807, 2.05) is 19.9 Å². The lowest BCUT2D eigenvalue weighted by molar-refractivity contribution is -0.123. The summed E-state index contributed by atoms with van der Waals surface area (Å²) in [5, 5.41) is 2.58. The van der Waals surface area contributed by atoms with Crippen molar-refractivity contribution in [1.82, 2.24) is 9.62 Å². The second-order valence-electron chi connectivity index (χ2n) is 4.79. The second kappa shape index (κ2) is 5.22. The highest BCUT2D eigenvalue weighted by molar-refractivity contribution is 7.91. The summed E-state index contributed by atoms with van der Waals surface area (Å²) >= 11 is 1.29. The number of thiophene rings is 1. The minimum absolute atomic E-state index is 0.0863. The van der Waals surface area contributed by atoms with Crippen molar-refractivity contribution in [3.63, 3.8) is 0 Å². The molecule has 0 bridgehead atoms. The van der Waals surface area contributed by atoms with Crippen LogP contribution in [0, 0.1) is 19.8 Å². The van der Waals surface area contributed by atoms with Gasteiger partial charge in [0.1, 0.15) is 4.21 Å². The Labute approximate surface area is 117 Å². The summed E-state index contributed by atoms with van der Waals surface area (Å²) in [5.41, 5.74) is 0.783. The maximum Gasteiger partial charge on any atom is 0.252 e. The number of hydrogen-bond donors (Lipinski definition) is 1. The van der Waals surface area contributed by atoms with Crippen LogP contribution in [0.1, 0.15) is 16.9 Å². The van der Waals surface area contributed by atoms with Crippen LogP contribution in [0.5, 0.6) is 0 Å². The minimum Gasteiger partial charge on any atom is -0.359 e. The first kappa shape index (κ1) is 14.5. The monoisotopic (exact) mass is 302 g/mol. The van der Waals surface area contributed by atoms with E-state index in [1.165, 1.54) is 15.6 Å². The SMILES string of the molecule is CNC(=O)C1CCN(S(=O)(=O)c2sc(C)cc2C)C1. The van der Waals surface area contributed by atoms with Gasteiger partial charge in [0.2, 0.25) is 5.91 Å². The van der Waals surface area contributed by atoms with Crippen LogP contribution in [-0.4, -0.2) is 38.8 Å². The molecule has 0 aliphatic carbocycles. The molecule has 1 atom stereocenters. The van der Waals surface area contributed by atoms with Gasteiger partial charge in [-0.25, -0.2) is 8.42 Å². The molecule has 2 heterocycles. The van der Waals surface area contributed by atoms with Crippen LogP contribution in [0.2, 0.25) is 0 Å². The smallest absolute Gasteiger partial charge is 0.252 e. The number of nitrogens with one attached hydrogen (secondary N) is 1. The van der Waals surface area contributed by atoms with Gasteiger partial charge in [-0.2, -0.15) is 4.31 Å². The molecule has 1 unspecified atom stereocenters. The Balaban J connectivity index is 2.23. The molecule has 1 amide bonds. The summed E-state index contributed by atoms with van der Waals surface area (Å²) in [4.78, 5) is 12.5. The number of carbonyl (C=O) groups is 1. The molecule has 0 radical (unpaired) electrons. The van der Waals surface area contributed by atoms with Crippen LogP contribution in [0.25, 0.3) is 0 Å². The van der Waals surface area contributed by atoms with E-state index < -0.39 is 10.0 Å². The van der Waals surface area contributed by atoms with E-state index >= 15 is 0 Å². The fraction of sp³-hybridized carbons (Fsp3) is 0.583. The van der Waals surface area contributed by atoms with E-state index in [2.05, 4.69) is 5.32 Å². The molecular weight excluding hydrogens is 284 g/mol. The number of rotatable bonds is 3. The Kier molecular flexibility index (Phi) is 3.98. The third-order valence-electron chi connectivity index (χ3n) is 3.34. The summed E-state index contributed by atoms with van der Waals surface area (Å²) in [6, 6.07) is 1.88. The number of carbonyl (C=O) groups excluding carboxylic acids is 1. The summed E-state index contributed by atoms with van der Waals surface area (Å²) < 4.78 is 26.9. The van der Waals surface area contributed by atoms with Crippen molar-refractivity contribution in [3.05, 3.63) is 16.5 Å². The van der Waals surface area contributed by atoms with E-state index in [9.17, 15) is 13.2 Å². The van der Waals surface area contributed by atoms with Crippen molar-refractivity contribution in [2.75, 3.05) is 20.1 Å². The third kappa shape index (κ3) is 2.68. The van der Waals surface area contributed by atoms with Crippen LogP contribution in [0.3, 0.4) is 0 Å². The van der Waals surface area contributed by atoms with Gasteiger partial charge in [-0.1, -0.05) is 0 Å². The lowest BCUT2D eigenvalue weighted by Crippen LogP contribution is -2.33. The Morgan fingerprint density at radius 1 is 1.47 bits per heavy atom. The van der Waals surface area contributed by atoms with Gasteiger partial charge in [0.25, 0.3) is 10.0 Å². The third-order valence-corrected chi connectivity index (χ3v) is 6.97. The van der Waals surface area contributed by atoms with Gasteiger partial charge in [-0.05, 0) is 31.9 Å². The normalized spacial score (nSPS) is 20.7. The van der Waals surface area contributed by atoms with Crippen molar-refractivity contribution in [2.24, 2.45) is 5.92 Å². The van der Waals surface area contributed by atoms with E-state index in [1.54, 1.807) is 7.05 Å². The zero-order chi connectivity index (χ0) is 14.2. The number of aryl methyl sites for hydroxylation is 2. The van der Waals surface area contributed by atoms with Gasteiger partial charge in [0.05, 0.1) is 5.92 Å². The number of amides is 1. The van der Waals surface area contributed by atoms with Crippen molar-refractivity contribution in [3.8, 4) is 0 Å². The van der Waals surface area contributed by atoms with Gasteiger partial charge in [0.15, 0.2) is 0 Å². The number of nitrogens with zero attached hydrogens (tertiary/aromatic N) is 1. The predicted octanol–water partition coefficient (Wildman–Crippen LogP) is 1.12. The van der Waals surface area contributed by atoms with Crippen LogP contribution < -0.4 is 5.32 Å². The fourth-order valence-electron chi connectivity index (χ4n) is 2.36. The summed E-state index contributed by atoms with van der Waals surface area (Å²) in [6.45, 7) is 4.39. The van der Waals surface area contributed by atoms with Crippen molar-refractivity contribution in [2.45, 2.75) is 24.5 Å². The van der Waals surface area contributed by atoms with E-state index in [0.29, 0.717) is 17.2 Å². The van der Waals surface area contributed by atoms with Gasteiger partial charge in [-0.15, -0.1) is 11.3 Å². The van der Waals surface area contributed by atoms with Crippen molar-refractivity contribution < 1.29 is 13.2 Å². The molecule has 1 aliphatic heterocycles. The topological polar surface area (TPSA) is 66.5 Å². The second-order valence-corrected chi connectivity index (χ2v) is 8.18. The van der Waals surface area contributed by atoms with Gasteiger partial charge in [0, 0.05) is 25.0 Å². The Hall–Kier alpha value is -0.920. The molecule has 1 aromatic rings. The fourth-order valence-corrected chi connectivity index (χ4v) is 5.66. The molecule has 19 heavy (non-hydrogen) atoms. The molecule has 106 valence electrons.